The Morgan fingerprint density at radius 3 is 2.59 bits per heavy atom. The van der Waals surface area contributed by atoms with Crippen LogP contribution < -0.4 is 9.98 Å². The molecule has 1 saturated heterocycles. The summed E-state index contributed by atoms with van der Waals surface area (Å²) < 4.78 is 6.99. The van der Waals surface area contributed by atoms with Crippen LogP contribution in [0.3, 0.4) is 0 Å². The molecule has 1 fully saturated rings. The van der Waals surface area contributed by atoms with Crippen LogP contribution in [0, 0.1) is 0 Å². The molecule has 3 atom stereocenters. The Balaban J connectivity index is 2.73. The highest BCUT2D eigenvalue weighted by Crippen LogP contribution is 2.55. The molecule has 0 spiro atoms. The lowest BCUT2D eigenvalue weighted by atomic mass is 10.3. The van der Waals surface area contributed by atoms with E-state index in [-0.39, 0.29) is 6.10 Å². The summed E-state index contributed by atoms with van der Waals surface area (Å²) in [6, 6.07) is 0. The second-order valence-electron chi connectivity index (χ2n) is 3.73. The molecule has 1 aliphatic rings. The van der Waals surface area contributed by atoms with Crippen molar-refractivity contribution in [1.29, 1.82) is 0 Å². The molecule has 102 valence electrons. The molecule has 0 radical (unpaired) electrons. The van der Waals surface area contributed by atoms with E-state index in [0.717, 1.165) is 0 Å². The van der Waals surface area contributed by atoms with Crippen molar-refractivity contribution in [3.8, 4) is 0 Å². The van der Waals surface area contributed by atoms with Crippen molar-refractivity contribution < 1.29 is 19.6 Å². The van der Waals surface area contributed by atoms with Crippen LogP contribution in [0.4, 0.5) is 0 Å². The predicted octanol–water partition coefficient (Wildman–Crippen LogP) is 1.02. The van der Waals surface area contributed by atoms with Gasteiger partial charge in [-0.25, -0.2) is 9.41 Å². The molecule has 0 bridgehead atoms. The Morgan fingerprint density at radius 2 is 2.12 bits per heavy atom. The predicted molar refractivity (Wildman–Crippen MR) is 65.7 cm³/mol. The highest BCUT2D eigenvalue weighted by atomic mass is 35.5. The van der Waals surface area contributed by atoms with Crippen LogP contribution in [0.25, 0.3) is 0 Å². The second-order valence-corrected chi connectivity index (χ2v) is 6.56. The van der Waals surface area contributed by atoms with E-state index in [1.54, 1.807) is 11.6 Å². The maximum absolute atomic E-state index is 12.6. The van der Waals surface area contributed by atoms with Crippen LogP contribution in [0.1, 0.15) is 13.3 Å². The van der Waals surface area contributed by atoms with E-state index in [2.05, 4.69) is 9.97 Å². The fourth-order valence-corrected chi connectivity index (χ4v) is 4.46. The largest absolute Gasteiger partial charge is 0.626 e. The summed E-state index contributed by atoms with van der Waals surface area (Å²) in [4.78, 5) is 16.8. The standard InChI is InChI=1S/C8H17Cl2N2O4P/c1-7-6-8(15-13)11-17(14,16-7)12(4-2-9)5-3-10/h7-8,13H,2-6H2,1H3,(H,11,14)/t7-,8-,17?/m1/s1. The van der Waals surface area contributed by atoms with Gasteiger partial charge < -0.3 is 4.89 Å². The molecule has 0 aliphatic carbocycles. The van der Waals surface area contributed by atoms with Crippen LogP contribution in [0.15, 0.2) is 0 Å². The number of nitrogens with zero attached hydrogens (tertiary/aromatic N) is 1. The van der Waals surface area contributed by atoms with Gasteiger partial charge in [0.1, 0.15) is 6.10 Å². The van der Waals surface area contributed by atoms with Crippen molar-refractivity contribution in [1.82, 2.24) is 9.76 Å². The van der Waals surface area contributed by atoms with Gasteiger partial charge in [0, 0.05) is 18.2 Å². The SMILES string of the molecule is C[C@@H]1C[C@@H](OO)N[P+]([O-])(N(CCCl)CCCl)O1. The lowest BCUT2D eigenvalue weighted by Gasteiger charge is -2.43. The highest BCUT2D eigenvalue weighted by Gasteiger charge is 2.45. The molecule has 0 saturated carbocycles. The van der Waals surface area contributed by atoms with Crippen molar-refractivity contribution in [3.63, 3.8) is 0 Å². The molecule has 0 aromatic carbocycles. The van der Waals surface area contributed by atoms with Crippen molar-refractivity contribution in [2.24, 2.45) is 0 Å². The average molecular weight is 307 g/mol. The molecule has 0 amide bonds. The zero-order chi connectivity index (χ0) is 12.9. The van der Waals surface area contributed by atoms with Gasteiger partial charge in [0.05, 0.1) is 13.1 Å². The number of alkyl halides is 2. The van der Waals surface area contributed by atoms with E-state index in [9.17, 15) is 4.89 Å². The van der Waals surface area contributed by atoms with Crippen molar-refractivity contribution >= 4 is 31.2 Å². The molecule has 6 nitrogen and oxygen atoms in total. The van der Waals surface area contributed by atoms with Crippen LogP contribution in [-0.4, -0.2) is 47.1 Å². The van der Waals surface area contributed by atoms with Crippen LogP contribution >= 0.6 is 31.2 Å². The lowest BCUT2D eigenvalue weighted by Crippen LogP contribution is -2.52. The zero-order valence-electron chi connectivity index (χ0n) is 9.51. The Bertz CT molecular complexity index is 236. The number of rotatable bonds is 6. The first kappa shape index (κ1) is 15.8. The van der Waals surface area contributed by atoms with Gasteiger partial charge in [-0.1, -0.05) is 0 Å². The molecular weight excluding hydrogens is 290 g/mol. The lowest BCUT2D eigenvalue weighted by molar-refractivity contribution is -0.301. The number of nitrogens with one attached hydrogen (secondary N) is 1. The first-order chi connectivity index (χ1) is 8.05. The van der Waals surface area contributed by atoms with Gasteiger partial charge in [0.25, 0.3) is 8.02 Å². The molecule has 9 heteroatoms. The first-order valence-electron chi connectivity index (χ1n) is 5.29. The molecule has 0 aromatic rings. The number of halogens is 2. The van der Waals surface area contributed by atoms with E-state index >= 15 is 0 Å². The van der Waals surface area contributed by atoms with E-state index in [1.807, 2.05) is 0 Å². The normalized spacial score (nSPS) is 34.2. The van der Waals surface area contributed by atoms with E-state index in [1.165, 1.54) is 0 Å². The summed E-state index contributed by atoms with van der Waals surface area (Å²) in [6.07, 6.45) is -0.582. The Hall–Kier alpha value is 0.770. The van der Waals surface area contributed by atoms with Crippen LogP contribution in [0.2, 0.25) is 0 Å². The summed E-state index contributed by atoms with van der Waals surface area (Å²) in [7, 11) is -3.26. The Morgan fingerprint density at radius 1 is 1.53 bits per heavy atom. The summed E-state index contributed by atoms with van der Waals surface area (Å²) >= 11 is 11.3. The van der Waals surface area contributed by atoms with E-state index in [4.69, 9.17) is 33.0 Å². The molecule has 1 heterocycles. The maximum atomic E-state index is 12.6. The smallest absolute Gasteiger partial charge is 0.253 e. The quantitative estimate of drug-likeness (QED) is 0.330. The van der Waals surface area contributed by atoms with Gasteiger partial charge in [-0.2, -0.15) is 0 Å². The summed E-state index contributed by atoms with van der Waals surface area (Å²) in [6.45, 7) is 2.52. The van der Waals surface area contributed by atoms with Crippen molar-refractivity contribution in [2.45, 2.75) is 25.7 Å². The molecule has 0 aromatic heterocycles. The van der Waals surface area contributed by atoms with Gasteiger partial charge in [0.2, 0.25) is 0 Å². The van der Waals surface area contributed by atoms with Gasteiger partial charge >= 0.3 is 0 Å². The third kappa shape index (κ3) is 4.42. The molecule has 2 N–H and O–H groups in total. The summed E-state index contributed by atoms with van der Waals surface area (Å²) in [5.74, 6) is 0.621. The third-order valence-corrected chi connectivity index (χ3v) is 5.10. The molecule has 1 unspecified atom stereocenters. The topological polar surface area (TPSA) is 77.0 Å². The maximum Gasteiger partial charge on any atom is 0.253 e. The Labute approximate surface area is 111 Å². The Kier molecular flexibility index (Phi) is 6.87. The van der Waals surface area contributed by atoms with Crippen LogP contribution in [-0.2, 0) is 9.41 Å². The van der Waals surface area contributed by atoms with Gasteiger partial charge in [-0.05, 0) is 6.92 Å². The number of hydrogen-bond donors (Lipinski definition) is 2. The monoisotopic (exact) mass is 306 g/mol. The van der Waals surface area contributed by atoms with Crippen molar-refractivity contribution in [3.05, 3.63) is 0 Å². The van der Waals surface area contributed by atoms with E-state index in [0.29, 0.717) is 31.3 Å². The number of hydrogen-bond acceptors (Lipinski definition) is 6. The molecule has 1 aliphatic heterocycles. The van der Waals surface area contributed by atoms with Crippen molar-refractivity contribution in [2.75, 3.05) is 24.8 Å². The highest BCUT2D eigenvalue weighted by molar-refractivity contribution is 7.59. The average Bonchev–Trinajstić information content (AvgIpc) is 2.27. The third-order valence-electron chi connectivity index (χ3n) is 2.36. The zero-order valence-corrected chi connectivity index (χ0v) is 11.9. The first-order valence-corrected chi connectivity index (χ1v) is 7.94. The summed E-state index contributed by atoms with van der Waals surface area (Å²) in [5, 5.41) is 11.3. The molecule has 17 heavy (non-hydrogen) atoms. The minimum atomic E-state index is -3.26. The minimum absolute atomic E-state index is 0.285. The fourth-order valence-electron chi connectivity index (χ4n) is 1.64. The summed E-state index contributed by atoms with van der Waals surface area (Å²) in [5.41, 5.74) is 0. The fraction of sp³-hybridized carbons (Fsp3) is 1.00. The van der Waals surface area contributed by atoms with Gasteiger partial charge in [-0.15, -0.1) is 33.0 Å². The molecular formula is C8H17Cl2N2O4P. The molecule has 1 rings (SSSR count). The van der Waals surface area contributed by atoms with Gasteiger partial charge in [-0.3, -0.25) is 5.26 Å². The second kappa shape index (κ2) is 7.38. The van der Waals surface area contributed by atoms with Crippen LogP contribution in [0.5, 0.6) is 0 Å². The van der Waals surface area contributed by atoms with E-state index < -0.39 is 14.2 Å². The minimum Gasteiger partial charge on any atom is -0.626 e. The van der Waals surface area contributed by atoms with Gasteiger partial charge in [0.15, 0.2) is 6.23 Å².